The van der Waals surface area contributed by atoms with Crippen LogP contribution in [0.4, 0.5) is 0 Å². The molecular weight excluding hydrogens is 482 g/mol. The van der Waals surface area contributed by atoms with Crippen LogP contribution in [0.1, 0.15) is 66.5 Å². The van der Waals surface area contributed by atoms with Crippen LogP contribution in [0.15, 0.2) is 59.8 Å². The Balaban J connectivity index is 1.31. The monoisotopic (exact) mass is 511 g/mol. The van der Waals surface area contributed by atoms with Crippen molar-refractivity contribution in [3.05, 3.63) is 87.6 Å². The fourth-order valence-corrected chi connectivity index (χ4v) is 5.86. The lowest BCUT2D eigenvalue weighted by atomic mass is 9.92. The Hall–Kier alpha value is -4.26. The summed E-state index contributed by atoms with van der Waals surface area (Å²) < 4.78 is 12.5. The number of aromatic hydroxyl groups is 2. The number of phenols is 2. The van der Waals surface area contributed by atoms with Gasteiger partial charge in [-0.25, -0.2) is 4.79 Å². The van der Waals surface area contributed by atoms with Gasteiger partial charge in [-0.05, 0) is 75.4 Å². The highest BCUT2D eigenvalue weighted by molar-refractivity contribution is 5.86. The number of rotatable bonds is 6. The third-order valence-electron chi connectivity index (χ3n) is 7.65. The highest BCUT2D eigenvalue weighted by atomic mass is 16.5. The Labute approximate surface area is 220 Å². The Morgan fingerprint density at radius 3 is 2.71 bits per heavy atom. The summed E-state index contributed by atoms with van der Waals surface area (Å²) in [5, 5.41) is 30.2. The Morgan fingerprint density at radius 2 is 1.92 bits per heavy atom. The van der Waals surface area contributed by atoms with E-state index in [1.54, 1.807) is 36.4 Å². The first-order valence-electron chi connectivity index (χ1n) is 12.8. The van der Waals surface area contributed by atoms with Crippen molar-refractivity contribution in [3.8, 4) is 34.3 Å². The van der Waals surface area contributed by atoms with Gasteiger partial charge in [0, 0.05) is 45.5 Å². The molecule has 3 heterocycles. The smallest absolute Gasteiger partial charge is 0.331 e. The van der Waals surface area contributed by atoms with Crippen LogP contribution in [0, 0.1) is 0 Å². The van der Waals surface area contributed by atoms with E-state index in [1.807, 2.05) is 26.1 Å². The van der Waals surface area contributed by atoms with Gasteiger partial charge in [0.2, 0.25) is 0 Å². The number of hydrogen-bond donors (Lipinski definition) is 3. The number of nitrogens with zero attached hydrogens (tertiary/aromatic N) is 1. The molecule has 1 aliphatic carbocycles. The number of phenolic OH excluding ortho intramolecular Hbond substituents is 2. The fraction of sp³-hybridized carbons (Fsp3) is 0.290. The molecule has 194 valence electrons. The molecule has 0 unspecified atom stereocenters. The number of carboxylic acid groups (broad SMARTS) is 1. The van der Waals surface area contributed by atoms with E-state index in [2.05, 4.69) is 0 Å². The largest absolute Gasteiger partial charge is 0.508 e. The van der Waals surface area contributed by atoms with Gasteiger partial charge in [0.05, 0.1) is 5.69 Å². The average Bonchev–Trinajstić information content (AvgIpc) is 3.42. The Kier molecular flexibility index (Phi) is 5.86. The number of aliphatic carboxylic acids is 1. The molecule has 2 atom stereocenters. The minimum absolute atomic E-state index is 0.0188. The summed E-state index contributed by atoms with van der Waals surface area (Å²) in [5.41, 5.74) is 7.96. The maximum Gasteiger partial charge on any atom is 0.331 e. The normalized spacial score (nSPS) is 18.3. The summed E-state index contributed by atoms with van der Waals surface area (Å²) in [4.78, 5) is 16.6. The maximum absolute atomic E-state index is 11.8. The van der Waals surface area contributed by atoms with Gasteiger partial charge in [-0.1, -0.05) is 17.7 Å². The molecule has 0 saturated heterocycles. The van der Waals surface area contributed by atoms with Crippen molar-refractivity contribution in [1.82, 2.24) is 4.98 Å². The Bertz CT molecular complexity index is 1530. The quantitative estimate of drug-likeness (QED) is 0.270. The molecular formula is C31H29NO6. The molecule has 2 aliphatic heterocycles. The molecule has 3 aliphatic rings. The highest BCUT2D eigenvalue weighted by Gasteiger charge is 2.45. The summed E-state index contributed by atoms with van der Waals surface area (Å²) in [7, 11) is 0. The zero-order valence-corrected chi connectivity index (χ0v) is 21.3. The molecule has 6 rings (SSSR count). The third-order valence-corrected chi connectivity index (χ3v) is 7.65. The van der Waals surface area contributed by atoms with Crippen molar-refractivity contribution in [2.75, 3.05) is 0 Å². The van der Waals surface area contributed by atoms with Crippen LogP contribution in [-0.2, 0) is 24.2 Å². The molecule has 3 N–H and O–H groups in total. The Morgan fingerprint density at radius 1 is 1.08 bits per heavy atom. The van der Waals surface area contributed by atoms with Gasteiger partial charge in [0.25, 0.3) is 0 Å². The van der Waals surface area contributed by atoms with E-state index in [1.165, 1.54) is 0 Å². The van der Waals surface area contributed by atoms with Crippen LogP contribution in [0.2, 0.25) is 0 Å². The second-order valence-corrected chi connectivity index (χ2v) is 10.4. The van der Waals surface area contributed by atoms with Crippen LogP contribution in [0.25, 0.3) is 11.3 Å². The molecule has 0 spiro atoms. The van der Waals surface area contributed by atoms with Crippen LogP contribution >= 0.6 is 0 Å². The number of aromatic nitrogens is 1. The molecule has 7 nitrogen and oxygen atoms in total. The lowest BCUT2D eigenvalue weighted by Gasteiger charge is -2.23. The van der Waals surface area contributed by atoms with Gasteiger partial charge in [-0.2, -0.15) is 0 Å². The molecule has 7 heteroatoms. The number of allylic oxidation sites excluding steroid dienone is 3. The van der Waals surface area contributed by atoms with Crippen molar-refractivity contribution in [3.63, 3.8) is 0 Å². The van der Waals surface area contributed by atoms with Crippen molar-refractivity contribution in [2.45, 2.75) is 58.2 Å². The van der Waals surface area contributed by atoms with Crippen molar-refractivity contribution in [2.24, 2.45) is 0 Å². The molecule has 0 amide bonds. The van der Waals surface area contributed by atoms with Crippen LogP contribution < -0.4 is 9.47 Å². The van der Waals surface area contributed by atoms with E-state index in [9.17, 15) is 20.1 Å². The van der Waals surface area contributed by atoms with Gasteiger partial charge in [0.1, 0.15) is 35.7 Å². The lowest BCUT2D eigenvalue weighted by molar-refractivity contribution is -0.132. The van der Waals surface area contributed by atoms with E-state index < -0.39 is 5.97 Å². The van der Waals surface area contributed by atoms with E-state index >= 15 is 0 Å². The zero-order chi connectivity index (χ0) is 26.6. The number of hydrogen-bond acceptors (Lipinski definition) is 6. The van der Waals surface area contributed by atoms with Gasteiger partial charge in [-0.3, -0.25) is 4.98 Å². The second kappa shape index (κ2) is 9.24. The molecule has 0 fully saturated rings. The van der Waals surface area contributed by atoms with Crippen molar-refractivity contribution >= 4 is 5.97 Å². The second-order valence-electron chi connectivity index (χ2n) is 10.4. The van der Waals surface area contributed by atoms with Crippen LogP contribution in [0.5, 0.6) is 23.0 Å². The SMILES string of the molecule is CC(C)=CCC/C(=C\Cc1cc(O)cc2c1O[C@@H]1c3cnc4c(c3C[C@H]21)COc1ccc(O)cc1-4)C(=O)O. The van der Waals surface area contributed by atoms with E-state index in [-0.39, 0.29) is 23.5 Å². The van der Waals surface area contributed by atoms with Gasteiger partial charge in [-0.15, -0.1) is 0 Å². The number of carboxylic acids is 1. The molecule has 0 bridgehead atoms. The molecule has 3 aromatic rings. The molecule has 0 saturated carbocycles. The molecule has 1 aromatic heterocycles. The van der Waals surface area contributed by atoms with Crippen molar-refractivity contribution < 1.29 is 29.6 Å². The number of pyridine rings is 1. The molecule has 2 aromatic carbocycles. The number of ether oxygens (including phenoxy) is 2. The standard InChI is InChI=1S/C31H29NO6/c1-16(2)4-3-5-17(31(35)36)6-7-18-10-20(34)12-22-23-13-21-25(30(23)38-29(18)22)14-32-28-24-11-19(33)8-9-27(24)37-15-26(21)28/h4,6,8-12,14,23,30,33-34H,3,5,7,13,15H2,1-2H3,(H,35,36)/b17-6+/t23-,30+/m1/s1. The summed E-state index contributed by atoms with van der Waals surface area (Å²) in [5.74, 6) is 0.817. The topological polar surface area (TPSA) is 109 Å². The minimum atomic E-state index is -0.927. The zero-order valence-electron chi connectivity index (χ0n) is 21.3. The first kappa shape index (κ1) is 24.1. The van der Waals surface area contributed by atoms with E-state index in [0.29, 0.717) is 37.2 Å². The summed E-state index contributed by atoms with van der Waals surface area (Å²) in [6.45, 7) is 4.39. The third kappa shape index (κ3) is 4.08. The summed E-state index contributed by atoms with van der Waals surface area (Å²) in [6.07, 6.45) is 7.57. The average molecular weight is 512 g/mol. The predicted octanol–water partition coefficient (Wildman–Crippen LogP) is 6.13. The first-order valence-corrected chi connectivity index (χ1v) is 12.8. The van der Waals surface area contributed by atoms with Crippen LogP contribution in [-0.4, -0.2) is 26.3 Å². The predicted molar refractivity (Wildman–Crippen MR) is 142 cm³/mol. The van der Waals surface area contributed by atoms with Crippen molar-refractivity contribution in [1.29, 1.82) is 0 Å². The lowest BCUT2D eigenvalue weighted by Crippen LogP contribution is -2.11. The molecule has 38 heavy (non-hydrogen) atoms. The van der Waals surface area contributed by atoms with Crippen LogP contribution in [0.3, 0.4) is 0 Å². The van der Waals surface area contributed by atoms with E-state index in [4.69, 9.17) is 14.5 Å². The maximum atomic E-state index is 11.8. The first-order chi connectivity index (χ1) is 18.3. The fourth-order valence-electron chi connectivity index (χ4n) is 5.86. The number of fused-ring (bicyclic) bond motifs is 9. The van der Waals surface area contributed by atoms with E-state index in [0.717, 1.165) is 56.8 Å². The van der Waals surface area contributed by atoms with Gasteiger partial charge < -0.3 is 24.8 Å². The van der Waals surface area contributed by atoms with Gasteiger partial charge in [0.15, 0.2) is 0 Å². The number of benzene rings is 2. The van der Waals surface area contributed by atoms with Gasteiger partial charge >= 0.3 is 5.97 Å². The minimum Gasteiger partial charge on any atom is -0.508 e. The summed E-state index contributed by atoms with van der Waals surface area (Å²) in [6, 6.07) is 8.46. The molecule has 0 radical (unpaired) electrons. The highest BCUT2D eigenvalue weighted by Crippen LogP contribution is 2.56. The number of carbonyl (C=O) groups is 1. The summed E-state index contributed by atoms with van der Waals surface area (Å²) >= 11 is 0.